The number of hydrogen-bond acceptors (Lipinski definition) is 4. The van der Waals surface area contributed by atoms with Crippen molar-refractivity contribution in [1.82, 2.24) is 19.9 Å². The van der Waals surface area contributed by atoms with Crippen molar-refractivity contribution in [3.05, 3.63) is 40.9 Å². The Labute approximate surface area is 139 Å². The summed E-state index contributed by atoms with van der Waals surface area (Å²) in [4.78, 5) is 2.28. The van der Waals surface area contributed by atoms with E-state index in [9.17, 15) is 9.50 Å². The third-order valence-electron chi connectivity index (χ3n) is 4.32. The van der Waals surface area contributed by atoms with Gasteiger partial charge in [0.15, 0.2) is 0 Å². The number of rotatable bonds is 4. The summed E-state index contributed by atoms with van der Waals surface area (Å²) in [6.45, 7) is 4.41. The van der Waals surface area contributed by atoms with Crippen molar-refractivity contribution in [2.24, 2.45) is 5.92 Å². The van der Waals surface area contributed by atoms with E-state index < -0.39 is 5.82 Å². The average molecular weight is 339 g/mol. The van der Waals surface area contributed by atoms with Crippen LogP contribution in [0.4, 0.5) is 4.39 Å². The van der Waals surface area contributed by atoms with Crippen molar-refractivity contribution in [3.8, 4) is 5.69 Å². The lowest BCUT2D eigenvalue weighted by Gasteiger charge is -2.33. The molecule has 1 aromatic carbocycles. The van der Waals surface area contributed by atoms with Crippen molar-refractivity contribution >= 4 is 11.6 Å². The van der Waals surface area contributed by atoms with Gasteiger partial charge in [-0.05, 0) is 50.4 Å². The summed E-state index contributed by atoms with van der Waals surface area (Å²) < 4.78 is 14.8. The summed E-state index contributed by atoms with van der Waals surface area (Å²) >= 11 is 5.80. The molecule has 1 aliphatic heterocycles. The zero-order chi connectivity index (χ0) is 16.4. The maximum Gasteiger partial charge on any atom is 0.141 e. The number of hydrogen-bond donors (Lipinski definition) is 1. The van der Waals surface area contributed by atoms with Gasteiger partial charge < -0.3 is 5.11 Å². The molecule has 23 heavy (non-hydrogen) atoms. The van der Waals surface area contributed by atoms with Crippen LogP contribution in [-0.4, -0.2) is 44.2 Å². The molecule has 2 atom stereocenters. The maximum absolute atomic E-state index is 13.2. The molecule has 0 bridgehead atoms. The molecule has 1 aromatic heterocycles. The summed E-state index contributed by atoms with van der Waals surface area (Å²) in [5.74, 6) is -0.136. The second kappa shape index (κ2) is 6.95. The number of piperidine rings is 1. The molecule has 0 unspecified atom stereocenters. The van der Waals surface area contributed by atoms with Crippen LogP contribution >= 0.6 is 11.6 Å². The van der Waals surface area contributed by atoms with Gasteiger partial charge in [-0.15, -0.1) is 5.10 Å². The van der Waals surface area contributed by atoms with E-state index in [2.05, 4.69) is 15.2 Å². The average Bonchev–Trinajstić information content (AvgIpc) is 2.99. The lowest BCUT2D eigenvalue weighted by molar-refractivity contribution is 0.0594. The molecule has 1 N–H and O–H groups in total. The van der Waals surface area contributed by atoms with E-state index in [0.29, 0.717) is 18.2 Å². The molecule has 0 radical (unpaired) electrons. The molecule has 3 rings (SSSR count). The molecule has 1 saturated heterocycles. The SMILES string of the molecule is C[C@@H](O)[C@@H]1CCCN(Cc2cn(-c3ccc(F)c(Cl)c3)nn2)C1. The number of likely N-dealkylation sites (tertiary alicyclic amines) is 1. The second-order valence-corrected chi connectivity index (χ2v) is 6.54. The first kappa shape index (κ1) is 16.4. The predicted octanol–water partition coefficient (Wildman–Crippen LogP) is 2.65. The Kier molecular flexibility index (Phi) is 4.94. The van der Waals surface area contributed by atoms with E-state index in [0.717, 1.165) is 31.6 Å². The van der Waals surface area contributed by atoms with E-state index in [1.807, 2.05) is 13.1 Å². The maximum atomic E-state index is 13.2. The predicted molar refractivity (Wildman–Crippen MR) is 86.0 cm³/mol. The van der Waals surface area contributed by atoms with Crippen LogP contribution in [0.3, 0.4) is 0 Å². The van der Waals surface area contributed by atoms with Crippen LogP contribution in [0.1, 0.15) is 25.5 Å². The fourth-order valence-corrected chi connectivity index (χ4v) is 3.16. The molecule has 0 amide bonds. The summed E-state index contributed by atoms with van der Waals surface area (Å²) in [6.07, 6.45) is 3.69. The third kappa shape index (κ3) is 3.88. The molecule has 1 aliphatic rings. The molecule has 124 valence electrons. The van der Waals surface area contributed by atoms with Crippen LogP contribution in [0, 0.1) is 11.7 Å². The Morgan fingerprint density at radius 1 is 1.48 bits per heavy atom. The van der Waals surface area contributed by atoms with Crippen molar-refractivity contribution in [1.29, 1.82) is 0 Å². The van der Waals surface area contributed by atoms with Gasteiger partial charge in [-0.2, -0.15) is 0 Å². The Bertz CT molecular complexity index is 676. The van der Waals surface area contributed by atoms with E-state index in [1.54, 1.807) is 10.7 Å². The monoisotopic (exact) mass is 338 g/mol. The highest BCUT2D eigenvalue weighted by atomic mass is 35.5. The van der Waals surface area contributed by atoms with Gasteiger partial charge >= 0.3 is 0 Å². The summed E-state index contributed by atoms with van der Waals surface area (Å²) in [5, 5.41) is 18.1. The first-order valence-corrected chi connectivity index (χ1v) is 8.18. The number of halogens is 2. The Morgan fingerprint density at radius 2 is 2.30 bits per heavy atom. The largest absolute Gasteiger partial charge is 0.393 e. The van der Waals surface area contributed by atoms with Gasteiger partial charge in [-0.3, -0.25) is 4.90 Å². The number of aliphatic hydroxyl groups excluding tert-OH is 1. The fraction of sp³-hybridized carbons (Fsp3) is 0.500. The van der Waals surface area contributed by atoms with Gasteiger partial charge in [0.05, 0.1) is 28.7 Å². The highest BCUT2D eigenvalue weighted by Crippen LogP contribution is 2.22. The number of aromatic nitrogens is 3. The van der Waals surface area contributed by atoms with Crippen LogP contribution in [-0.2, 0) is 6.54 Å². The van der Waals surface area contributed by atoms with Gasteiger partial charge in [-0.1, -0.05) is 16.8 Å². The lowest BCUT2D eigenvalue weighted by Crippen LogP contribution is -2.39. The van der Waals surface area contributed by atoms with Gasteiger partial charge in [0.25, 0.3) is 0 Å². The smallest absolute Gasteiger partial charge is 0.141 e. The zero-order valence-corrected chi connectivity index (χ0v) is 13.7. The van der Waals surface area contributed by atoms with Crippen molar-refractivity contribution in [2.75, 3.05) is 13.1 Å². The quantitative estimate of drug-likeness (QED) is 0.931. The van der Waals surface area contributed by atoms with Crippen LogP contribution in [0.2, 0.25) is 5.02 Å². The molecule has 0 saturated carbocycles. The van der Waals surface area contributed by atoms with Crippen LogP contribution in [0.15, 0.2) is 24.4 Å². The van der Waals surface area contributed by atoms with E-state index in [1.165, 1.54) is 12.1 Å². The number of benzene rings is 1. The molecule has 0 aliphatic carbocycles. The first-order valence-electron chi connectivity index (χ1n) is 7.80. The summed E-state index contributed by atoms with van der Waals surface area (Å²) in [5.41, 5.74) is 1.52. The van der Waals surface area contributed by atoms with Crippen LogP contribution < -0.4 is 0 Å². The van der Waals surface area contributed by atoms with Gasteiger partial charge in [0.2, 0.25) is 0 Å². The molecule has 5 nitrogen and oxygen atoms in total. The topological polar surface area (TPSA) is 54.2 Å². The van der Waals surface area contributed by atoms with E-state index >= 15 is 0 Å². The summed E-state index contributed by atoms with van der Waals surface area (Å²) in [6, 6.07) is 4.46. The minimum atomic E-state index is -0.451. The standard InChI is InChI=1S/C16H20ClFN4O/c1-11(23)12-3-2-6-21(8-12)9-13-10-22(20-19-13)14-4-5-16(18)15(17)7-14/h4-5,7,10-12,23H,2-3,6,8-9H2,1H3/t11-,12-/m1/s1. The van der Waals surface area contributed by atoms with E-state index in [-0.39, 0.29) is 11.1 Å². The van der Waals surface area contributed by atoms with Crippen LogP contribution in [0.25, 0.3) is 5.69 Å². The zero-order valence-electron chi connectivity index (χ0n) is 13.0. The molecule has 1 fully saturated rings. The first-order chi connectivity index (χ1) is 11.0. The van der Waals surface area contributed by atoms with Crippen molar-refractivity contribution < 1.29 is 9.50 Å². The minimum Gasteiger partial charge on any atom is -0.393 e. The summed E-state index contributed by atoms with van der Waals surface area (Å²) in [7, 11) is 0. The Hall–Kier alpha value is -1.50. The minimum absolute atomic E-state index is 0.0651. The molecular weight excluding hydrogens is 319 g/mol. The highest BCUT2D eigenvalue weighted by Gasteiger charge is 2.24. The molecular formula is C16H20ClFN4O. The fourth-order valence-electron chi connectivity index (χ4n) is 2.98. The second-order valence-electron chi connectivity index (χ2n) is 6.13. The van der Waals surface area contributed by atoms with Crippen molar-refractivity contribution in [3.63, 3.8) is 0 Å². The van der Waals surface area contributed by atoms with Crippen molar-refractivity contribution in [2.45, 2.75) is 32.4 Å². The van der Waals surface area contributed by atoms with Gasteiger partial charge in [-0.25, -0.2) is 9.07 Å². The number of aliphatic hydroxyl groups is 1. The van der Waals surface area contributed by atoms with E-state index in [4.69, 9.17) is 11.6 Å². The normalized spacial score (nSPS) is 20.6. The molecule has 2 aromatic rings. The number of nitrogens with zero attached hydrogens (tertiary/aromatic N) is 4. The van der Waals surface area contributed by atoms with Gasteiger partial charge in [0, 0.05) is 13.1 Å². The molecule has 2 heterocycles. The Balaban J connectivity index is 1.68. The molecule has 7 heteroatoms. The third-order valence-corrected chi connectivity index (χ3v) is 4.61. The van der Waals surface area contributed by atoms with Gasteiger partial charge in [0.1, 0.15) is 5.82 Å². The lowest BCUT2D eigenvalue weighted by atomic mass is 9.93. The molecule has 0 spiro atoms. The Morgan fingerprint density at radius 3 is 3.04 bits per heavy atom. The van der Waals surface area contributed by atoms with Crippen LogP contribution in [0.5, 0.6) is 0 Å². The highest BCUT2D eigenvalue weighted by molar-refractivity contribution is 6.30.